The lowest BCUT2D eigenvalue weighted by atomic mass is 10.2. The minimum atomic E-state index is 0.432. The maximum Gasteiger partial charge on any atom is 0.228 e. The standard InChI is InChI=1S/C20H11BrCl2N2O/c21-13-3-1-12(2-4-13)11-24-15-6-8-19-18(10-15)25-20(26-19)16-9-14(22)5-7-17(16)23/h1-11H. The Hall–Kier alpha value is -2.14. The molecule has 0 spiro atoms. The van der Waals surface area contributed by atoms with E-state index in [-0.39, 0.29) is 0 Å². The molecule has 0 radical (unpaired) electrons. The van der Waals surface area contributed by atoms with Crippen molar-refractivity contribution >= 4 is 62.1 Å². The van der Waals surface area contributed by atoms with Crippen LogP contribution in [-0.4, -0.2) is 11.2 Å². The van der Waals surface area contributed by atoms with E-state index < -0.39 is 0 Å². The molecule has 0 bridgehead atoms. The number of aliphatic imine (C=N–C) groups is 1. The van der Waals surface area contributed by atoms with Crippen molar-refractivity contribution in [2.75, 3.05) is 0 Å². The van der Waals surface area contributed by atoms with Crippen molar-refractivity contribution < 1.29 is 4.42 Å². The first-order valence-corrected chi connectivity index (χ1v) is 9.29. The summed E-state index contributed by atoms with van der Waals surface area (Å²) in [5.41, 5.74) is 3.84. The Balaban J connectivity index is 1.67. The molecule has 0 atom stereocenters. The van der Waals surface area contributed by atoms with Crippen LogP contribution in [0.25, 0.3) is 22.6 Å². The first-order chi connectivity index (χ1) is 12.6. The molecule has 6 heteroatoms. The van der Waals surface area contributed by atoms with E-state index in [9.17, 15) is 0 Å². The fourth-order valence-electron chi connectivity index (χ4n) is 2.47. The second-order valence-corrected chi connectivity index (χ2v) is 7.36. The SMILES string of the molecule is Clc1ccc(Cl)c(-c2nc3cc(N=Cc4ccc(Br)cc4)ccc3o2)c1. The van der Waals surface area contributed by atoms with Gasteiger partial charge in [0.1, 0.15) is 5.52 Å². The van der Waals surface area contributed by atoms with Crippen LogP contribution in [-0.2, 0) is 0 Å². The lowest BCUT2D eigenvalue weighted by molar-refractivity contribution is 0.620. The maximum atomic E-state index is 6.23. The van der Waals surface area contributed by atoms with Gasteiger partial charge in [0.05, 0.1) is 16.3 Å². The summed E-state index contributed by atoms with van der Waals surface area (Å²) >= 11 is 15.7. The van der Waals surface area contributed by atoms with E-state index in [4.69, 9.17) is 27.6 Å². The molecule has 1 aromatic heterocycles. The van der Waals surface area contributed by atoms with Crippen molar-refractivity contribution in [3.05, 3.63) is 80.7 Å². The molecule has 0 saturated carbocycles. The van der Waals surface area contributed by atoms with E-state index in [1.54, 1.807) is 18.2 Å². The monoisotopic (exact) mass is 444 g/mol. The number of benzene rings is 3. The van der Waals surface area contributed by atoms with Crippen molar-refractivity contribution in [1.82, 2.24) is 4.98 Å². The summed E-state index contributed by atoms with van der Waals surface area (Å²) in [6.45, 7) is 0. The van der Waals surface area contributed by atoms with Crippen molar-refractivity contribution in [2.24, 2.45) is 4.99 Å². The number of fused-ring (bicyclic) bond motifs is 1. The molecule has 128 valence electrons. The zero-order valence-electron chi connectivity index (χ0n) is 13.3. The van der Waals surface area contributed by atoms with Gasteiger partial charge in [-0.05, 0) is 54.1 Å². The van der Waals surface area contributed by atoms with E-state index in [1.807, 2.05) is 48.7 Å². The van der Waals surface area contributed by atoms with Gasteiger partial charge in [-0.3, -0.25) is 4.99 Å². The fraction of sp³-hybridized carbons (Fsp3) is 0. The zero-order chi connectivity index (χ0) is 18.1. The topological polar surface area (TPSA) is 38.4 Å². The molecule has 0 N–H and O–H groups in total. The first-order valence-electron chi connectivity index (χ1n) is 7.74. The largest absolute Gasteiger partial charge is 0.436 e. The van der Waals surface area contributed by atoms with Crippen LogP contribution in [0.4, 0.5) is 5.69 Å². The van der Waals surface area contributed by atoms with Gasteiger partial charge < -0.3 is 4.42 Å². The molecule has 0 unspecified atom stereocenters. The molecule has 0 amide bonds. The summed E-state index contributed by atoms with van der Waals surface area (Å²) in [5.74, 6) is 0.432. The molecule has 3 aromatic carbocycles. The van der Waals surface area contributed by atoms with Gasteiger partial charge in [-0.2, -0.15) is 0 Å². The molecule has 1 heterocycles. The van der Waals surface area contributed by atoms with E-state index in [0.717, 1.165) is 15.7 Å². The smallest absolute Gasteiger partial charge is 0.228 e. The summed E-state index contributed by atoms with van der Waals surface area (Å²) in [7, 11) is 0. The Labute approximate surface area is 168 Å². The van der Waals surface area contributed by atoms with Gasteiger partial charge in [-0.1, -0.05) is 51.3 Å². The third kappa shape index (κ3) is 3.68. The van der Waals surface area contributed by atoms with E-state index in [2.05, 4.69) is 25.9 Å². The number of halogens is 3. The Kier molecular flexibility index (Phi) is 4.81. The normalized spacial score (nSPS) is 11.5. The maximum absolute atomic E-state index is 6.23. The molecular weight excluding hydrogens is 435 g/mol. The number of rotatable bonds is 3. The van der Waals surface area contributed by atoms with Crippen LogP contribution in [0.2, 0.25) is 10.0 Å². The zero-order valence-corrected chi connectivity index (χ0v) is 16.4. The lowest BCUT2D eigenvalue weighted by Gasteiger charge is -1.99. The van der Waals surface area contributed by atoms with Gasteiger partial charge in [0.15, 0.2) is 5.58 Å². The summed E-state index contributed by atoms with van der Waals surface area (Å²) in [4.78, 5) is 9.02. The van der Waals surface area contributed by atoms with Crippen LogP contribution in [0, 0.1) is 0 Å². The molecule has 4 aromatic rings. The Morgan fingerprint density at radius 2 is 1.77 bits per heavy atom. The lowest BCUT2D eigenvalue weighted by Crippen LogP contribution is -1.80. The predicted molar refractivity (Wildman–Crippen MR) is 111 cm³/mol. The van der Waals surface area contributed by atoms with Gasteiger partial charge in [0.2, 0.25) is 5.89 Å². The molecule has 4 rings (SSSR count). The summed E-state index contributed by atoms with van der Waals surface area (Å²) in [6.07, 6.45) is 1.81. The highest BCUT2D eigenvalue weighted by Gasteiger charge is 2.12. The van der Waals surface area contributed by atoms with Gasteiger partial charge in [0, 0.05) is 15.7 Å². The van der Waals surface area contributed by atoms with Gasteiger partial charge in [-0.25, -0.2) is 4.98 Å². The van der Waals surface area contributed by atoms with E-state index in [0.29, 0.717) is 32.6 Å². The minimum Gasteiger partial charge on any atom is -0.436 e. The quantitative estimate of drug-likeness (QED) is 0.310. The highest BCUT2D eigenvalue weighted by Crippen LogP contribution is 2.33. The summed E-state index contributed by atoms with van der Waals surface area (Å²) in [6, 6.07) is 18.7. The van der Waals surface area contributed by atoms with Crippen LogP contribution in [0.5, 0.6) is 0 Å². The average Bonchev–Trinajstić information content (AvgIpc) is 3.06. The molecule has 0 fully saturated rings. The molecule has 0 saturated heterocycles. The highest BCUT2D eigenvalue weighted by atomic mass is 79.9. The van der Waals surface area contributed by atoms with Crippen molar-refractivity contribution in [3.63, 3.8) is 0 Å². The third-order valence-electron chi connectivity index (χ3n) is 3.76. The number of nitrogens with zero attached hydrogens (tertiary/aromatic N) is 2. The summed E-state index contributed by atoms with van der Waals surface area (Å²) < 4.78 is 6.84. The van der Waals surface area contributed by atoms with Crippen molar-refractivity contribution in [3.8, 4) is 11.5 Å². The average molecular weight is 446 g/mol. The third-order valence-corrected chi connectivity index (χ3v) is 4.86. The molecular formula is C20H11BrCl2N2O. The Morgan fingerprint density at radius 3 is 2.58 bits per heavy atom. The first kappa shape index (κ1) is 17.3. The number of aromatic nitrogens is 1. The summed E-state index contributed by atoms with van der Waals surface area (Å²) in [5, 5.41) is 1.11. The van der Waals surface area contributed by atoms with Crippen LogP contribution < -0.4 is 0 Å². The second kappa shape index (κ2) is 7.23. The van der Waals surface area contributed by atoms with E-state index >= 15 is 0 Å². The van der Waals surface area contributed by atoms with Crippen LogP contribution in [0.3, 0.4) is 0 Å². The van der Waals surface area contributed by atoms with Crippen LogP contribution in [0.15, 0.2) is 74.5 Å². The van der Waals surface area contributed by atoms with Crippen LogP contribution in [0.1, 0.15) is 5.56 Å². The molecule has 0 aliphatic rings. The molecule has 26 heavy (non-hydrogen) atoms. The van der Waals surface area contributed by atoms with Crippen LogP contribution >= 0.6 is 39.1 Å². The van der Waals surface area contributed by atoms with E-state index in [1.165, 1.54) is 0 Å². The number of hydrogen-bond acceptors (Lipinski definition) is 3. The number of oxazole rings is 1. The fourth-order valence-corrected chi connectivity index (χ4v) is 3.11. The number of hydrogen-bond donors (Lipinski definition) is 0. The Bertz CT molecular complexity index is 1120. The highest BCUT2D eigenvalue weighted by molar-refractivity contribution is 9.10. The van der Waals surface area contributed by atoms with Gasteiger partial charge >= 0.3 is 0 Å². The molecule has 0 aliphatic heterocycles. The molecule has 3 nitrogen and oxygen atoms in total. The van der Waals surface area contributed by atoms with Gasteiger partial charge in [0.25, 0.3) is 0 Å². The van der Waals surface area contributed by atoms with Gasteiger partial charge in [-0.15, -0.1) is 0 Å². The van der Waals surface area contributed by atoms with Crippen molar-refractivity contribution in [2.45, 2.75) is 0 Å². The molecule has 0 aliphatic carbocycles. The predicted octanol–water partition coefficient (Wildman–Crippen LogP) is 7.31. The van der Waals surface area contributed by atoms with Crippen molar-refractivity contribution in [1.29, 1.82) is 0 Å². The minimum absolute atomic E-state index is 0.432. The second-order valence-electron chi connectivity index (χ2n) is 5.60. The Morgan fingerprint density at radius 1 is 0.962 bits per heavy atom.